The summed E-state index contributed by atoms with van der Waals surface area (Å²) in [5.41, 5.74) is 1.20. The molecular weight excluding hydrogens is 136 g/mol. The van der Waals surface area contributed by atoms with Crippen LogP contribution in [0.2, 0.25) is 0 Å². The minimum absolute atomic E-state index is 0.211. The van der Waals surface area contributed by atoms with Crippen LogP contribution in [0.5, 0.6) is 0 Å². The molecule has 1 radical (unpaired) electrons. The molecule has 1 atom stereocenters. The van der Waals surface area contributed by atoms with Crippen molar-refractivity contribution in [1.29, 1.82) is 0 Å². The van der Waals surface area contributed by atoms with Crippen molar-refractivity contribution < 1.29 is 5.11 Å². The van der Waals surface area contributed by atoms with Crippen LogP contribution >= 0.6 is 0 Å². The Bertz CT molecular complexity index is 193. The summed E-state index contributed by atoms with van der Waals surface area (Å²) >= 11 is 0. The van der Waals surface area contributed by atoms with E-state index in [0.717, 1.165) is 6.42 Å². The second-order valence-corrected chi connectivity index (χ2v) is 2.62. The van der Waals surface area contributed by atoms with Crippen LogP contribution < -0.4 is 0 Å². The molecule has 1 heteroatoms. The summed E-state index contributed by atoms with van der Waals surface area (Å²) in [7, 11) is 0. The third-order valence-electron chi connectivity index (χ3n) is 1.75. The number of hydrogen-bond donors (Lipinski definition) is 1. The lowest BCUT2D eigenvalue weighted by molar-refractivity contribution is 0.282. The number of aliphatic hydroxyl groups excluding tert-OH is 1. The van der Waals surface area contributed by atoms with Crippen LogP contribution in [0.4, 0.5) is 0 Å². The van der Waals surface area contributed by atoms with Crippen LogP contribution in [-0.2, 0) is 0 Å². The fraction of sp³-hybridized carbons (Fsp3) is 0.300. The molecule has 0 saturated heterocycles. The predicted molar refractivity (Wildman–Crippen MR) is 46.2 cm³/mol. The Labute approximate surface area is 67.7 Å². The van der Waals surface area contributed by atoms with Crippen LogP contribution in [0.25, 0.3) is 0 Å². The first-order valence-electron chi connectivity index (χ1n) is 3.83. The standard InChI is InChI=1S/C10H13O/c1-9(7-8-11)10-5-3-2-4-6-10/h2-6,9,11H,1,7-8H2. The highest BCUT2D eigenvalue weighted by molar-refractivity contribution is 5.19. The van der Waals surface area contributed by atoms with Gasteiger partial charge in [-0.1, -0.05) is 30.3 Å². The van der Waals surface area contributed by atoms with Gasteiger partial charge in [0.2, 0.25) is 0 Å². The van der Waals surface area contributed by atoms with E-state index in [1.165, 1.54) is 5.56 Å². The van der Waals surface area contributed by atoms with E-state index in [-0.39, 0.29) is 12.5 Å². The van der Waals surface area contributed by atoms with Gasteiger partial charge in [-0.15, -0.1) is 0 Å². The Morgan fingerprint density at radius 2 is 1.91 bits per heavy atom. The minimum atomic E-state index is 0.211. The highest BCUT2D eigenvalue weighted by Crippen LogP contribution is 2.16. The fourth-order valence-electron chi connectivity index (χ4n) is 1.05. The Hall–Kier alpha value is -0.820. The molecule has 11 heavy (non-hydrogen) atoms. The van der Waals surface area contributed by atoms with Crippen molar-refractivity contribution in [2.45, 2.75) is 12.3 Å². The summed E-state index contributed by atoms with van der Waals surface area (Å²) in [6, 6.07) is 10.0. The molecule has 0 aliphatic carbocycles. The van der Waals surface area contributed by atoms with Crippen LogP contribution in [0, 0.1) is 6.92 Å². The number of aliphatic hydroxyl groups is 1. The van der Waals surface area contributed by atoms with Gasteiger partial charge >= 0.3 is 0 Å². The van der Waals surface area contributed by atoms with Gasteiger partial charge in [0.1, 0.15) is 0 Å². The summed E-state index contributed by atoms with van der Waals surface area (Å²) < 4.78 is 0. The summed E-state index contributed by atoms with van der Waals surface area (Å²) in [5, 5.41) is 8.66. The van der Waals surface area contributed by atoms with Crippen molar-refractivity contribution in [3.8, 4) is 0 Å². The molecule has 1 N–H and O–H groups in total. The average molecular weight is 149 g/mol. The van der Waals surface area contributed by atoms with Crippen molar-refractivity contribution in [3.05, 3.63) is 42.8 Å². The molecule has 1 nitrogen and oxygen atoms in total. The summed E-state index contributed by atoms with van der Waals surface area (Å²) in [4.78, 5) is 0. The van der Waals surface area contributed by atoms with Crippen LogP contribution in [0.3, 0.4) is 0 Å². The third-order valence-corrected chi connectivity index (χ3v) is 1.75. The van der Waals surface area contributed by atoms with Gasteiger partial charge < -0.3 is 5.11 Å². The summed E-state index contributed by atoms with van der Waals surface area (Å²) in [6.45, 7) is 4.15. The first-order valence-corrected chi connectivity index (χ1v) is 3.83. The van der Waals surface area contributed by atoms with E-state index < -0.39 is 0 Å². The molecule has 0 bridgehead atoms. The average Bonchev–Trinajstić information content (AvgIpc) is 2.07. The van der Waals surface area contributed by atoms with Gasteiger partial charge in [0.15, 0.2) is 0 Å². The second kappa shape index (κ2) is 4.14. The van der Waals surface area contributed by atoms with Crippen molar-refractivity contribution in [1.82, 2.24) is 0 Å². The molecule has 0 aromatic heterocycles. The molecular formula is C10H13O. The topological polar surface area (TPSA) is 20.2 Å². The number of rotatable bonds is 3. The second-order valence-electron chi connectivity index (χ2n) is 2.62. The van der Waals surface area contributed by atoms with E-state index in [9.17, 15) is 0 Å². The Kier molecular flexibility index (Phi) is 3.12. The molecule has 0 spiro atoms. The lowest BCUT2D eigenvalue weighted by atomic mass is 9.99. The maximum Gasteiger partial charge on any atom is 0.0436 e. The van der Waals surface area contributed by atoms with Gasteiger partial charge in [0.25, 0.3) is 0 Å². The maximum absolute atomic E-state index is 8.66. The minimum Gasteiger partial charge on any atom is -0.396 e. The van der Waals surface area contributed by atoms with Crippen molar-refractivity contribution >= 4 is 0 Å². The molecule has 1 unspecified atom stereocenters. The van der Waals surface area contributed by atoms with Crippen LogP contribution in [0.15, 0.2) is 30.3 Å². The smallest absolute Gasteiger partial charge is 0.0436 e. The maximum atomic E-state index is 8.66. The van der Waals surface area contributed by atoms with Crippen molar-refractivity contribution in [2.75, 3.05) is 6.61 Å². The normalized spacial score (nSPS) is 12.9. The van der Waals surface area contributed by atoms with E-state index in [1.807, 2.05) is 30.3 Å². The molecule has 1 aromatic rings. The van der Waals surface area contributed by atoms with E-state index in [4.69, 9.17) is 5.11 Å². The zero-order chi connectivity index (χ0) is 8.10. The zero-order valence-electron chi connectivity index (χ0n) is 6.53. The molecule has 0 heterocycles. The lowest BCUT2D eigenvalue weighted by Gasteiger charge is -2.08. The van der Waals surface area contributed by atoms with Gasteiger partial charge in [-0.3, -0.25) is 0 Å². The summed E-state index contributed by atoms with van der Waals surface area (Å²) in [6.07, 6.45) is 0.740. The highest BCUT2D eigenvalue weighted by Gasteiger charge is 2.02. The van der Waals surface area contributed by atoms with Gasteiger partial charge in [-0.25, -0.2) is 0 Å². The van der Waals surface area contributed by atoms with E-state index in [1.54, 1.807) is 0 Å². The quantitative estimate of drug-likeness (QED) is 0.696. The molecule has 59 valence electrons. The Balaban J connectivity index is 2.61. The Morgan fingerprint density at radius 1 is 1.27 bits per heavy atom. The largest absolute Gasteiger partial charge is 0.396 e. The van der Waals surface area contributed by atoms with Gasteiger partial charge in [0, 0.05) is 6.61 Å². The van der Waals surface area contributed by atoms with Crippen molar-refractivity contribution in [3.63, 3.8) is 0 Å². The first kappa shape index (κ1) is 8.28. The number of benzene rings is 1. The van der Waals surface area contributed by atoms with Crippen LogP contribution in [-0.4, -0.2) is 11.7 Å². The van der Waals surface area contributed by atoms with Crippen LogP contribution in [0.1, 0.15) is 17.9 Å². The Morgan fingerprint density at radius 3 is 2.45 bits per heavy atom. The fourth-order valence-corrected chi connectivity index (χ4v) is 1.05. The number of hydrogen-bond acceptors (Lipinski definition) is 1. The molecule has 0 amide bonds. The molecule has 0 saturated carbocycles. The third kappa shape index (κ3) is 2.35. The summed E-state index contributed by atoms with van der Waals surface area (Å²) in [5.74, 6) is 0.223. The lowest BCUT2D eigenvalue weighted by Crippen LogP contribution is -1.96. The van der Waals surface area contributed by atoms with Gasteiger partial charge in [-0.2, -0.15) is 0 Å². The van der Waals surface area contributed by atoms with Gasteiger partial charge in [0.05, 0.1) is 0 Å². The predicted octanol–water partition coefficient (Wildman–Crippen LogP) is 1.99. The molecule has 1 aromatic carbocycles. The molecule has 1 rings (SSSR count). The van der Waals surface area contributed by atoms with Crippen molar-refractivity contribution in [2.24, 2.45) is 0 Å². The monoisotopic (exact) mass is 149 g/mol. The molecule has 0 aliphatic heterocycles. The molecule has 0 aliphatic rings. The molecule has 0 fully saturated rings. The van der Waals surface area contributed by atoms with E-state index >= 15 is 0 Å². The van der Waals surface area contributed by atoms with Gasteiger partial charge in [-0.05, 0) is 24.8 Å². The highest BCUT2D eigenvalue weighted by atomic mass is 16.3. The zero-order valence-corrected chi connectivity index (χ0v) is 6.53. The SMILES string of the molecule is [CH2]C(CCO)c1ccccc1. The van der Waals surface area contributed by atoms with E-state index in [2.05, 4.69) is 6.92 Å². The first-order chi connectivity index (χ1) is 5.34. The van der Waals surface area contributed by atoms with E-state index in [0.29, 0.717) is 0 Å².